The quantitative estimate of drug-likeness (QED) is 0.673. The van der Waals surface area contributed by atoms with E-state index >= 15 is 0 Å². The summed E-state index contributed by atoms with van der Waals surface area (Å²) in [6.07, 6.45) is 0.619. The molecule has 0 aliphatic carbocycles. The van der Waals surface area contributed by atoms with Gasteiger partial charge in [0.2, 0.25) is 0 Å². The van der Waals surface area contributed by atoms with Gasteiger partial charge in [0, 0.05) is 5.56 Å². The van der Waals surface area contributed by atoms with Crippen molar-refractivity contribution in [3.63, 3.8) is 0 Å². The van der Waals surface area contributed by atoms with Gasteiger partial charge in [0.05, 0.1) is 18.4 Å². The molecule has 1 atom stereocenters. The lowest BCUT2D eigenvalue weighted by Gasteiger charge is -2.12. The maximum atomic E-state index is 12.4. The number of hydrogen-bond donors (Lipinski definition) is 1. The fraction of sp³-hybridized carbons (Fsp3) is 0.333. The lowest BCUT2D eigenvalue weighted by molar-refractivity contribution is -0.150. The van der Waals surface area contributed by atoms with E-state index in [0.29, 0.717) is 29.4 Å². The maximum absolute atomic E-state index is 12.4. The highest BCUT2D eigenvalue weighted by atomic mass is 16.6. The Labute approximate surface area is 159 Å². The van der Waals surface area contributed by atoms with Gasteiger partial charge in [-0.05, 0) is 56.7 Å². The van der Waals surface area contributed by atoms with Crippen LogP contribution in [0.3, 0.4) is 0 Å². The second-order valence-corrected chi connectivity index (χ2v) is 5.91. The van der Waals surface area contributed by atoms with Crippen LogP contribution in [-0.4, -0.2) is 31.2 Å². The summed E-state index contributed by atoms with van der Waals surface area (Å²) in [5.41, 5.74) is 1.08. The topological polar surface area (TPSA) is 73.9 Å². The van der Waals surface area contributed by atoms with Crippen molar-refractivity contribution >= 4 is 17.6 Å². The molecule has 6 nitrogen and oxygen atoms in total. The van der Waals surface area contributed by atoms with E-state index in [1.54, 1.807) is 36.4 Å². The summed E-state index contributed by atoms with van der Waals surface area (Å²) < 4.78 is 16.0. The molecule has 6 heteroatoms. The third kappa shape index (κ3) is 6.33. The number of rotatable bonds is 9. The highest BCUT2D eigenvalue weighted by molar-refractivity contribution is 6.05. The minimum absolute atomic E-state index is 0.133. The summed E-state index contributed by atoms with van der Waals surface area (Å²) in [6.45, 7) is 6.00. The lowest BCUT2D eigenvalue weighted by atomic mass is 10.2. The van der Waals surface area contributed by atoms with Crippen molar-refractivity contribution < 1.29 is 23.8 Å². The number of esters is 1. The Morgan fingerprint density at radius 1 is 1.00 bits per heavy atom. The van der Waals surface area contributed by atoms with Crippen molar-refractivity contribution in [1.82, 2.24) is 0 Å². The Morgan fingerprint density at radius 2 is 1.70 bits per heavy atom. The molecule has 2 aromatic carbocycles. The monoisotopic (exact) mass is 371 g/mol. The summed E-state index contributed by atoms with van der Waals surface area (Å²) in [5.74, 6) is 0.430. The SMILES string of the molecule is CCOc1ccccc1NC(=O)c1ccc(OCC(=O)O[C@@H](C)CC)cc1. The Bertz CT molecular complexity index is 757. The van der Waals surface area contributed by atoms with Crippen molar-refractivity contribution in [3.8, 4) is 11.5 Å². The molecule has 1 amide bonds. The van der Waals surface area contributed by atoms with Crippen LogP contribution in [0.15, 0.2) is 48.5 Å². The molecule has 0 saturated carbocycles. The van der Waals surface area contributed by atoms with E-state index in [2.05, 4.69) is 5.32 Å². The predicted octanol–water partition coefficient (Wildman–Crippen LogP) is 4.06. The second-order valence-electron chi connectivity index (χ2n) is 5.91. The zero-order chi connectivity index (χ0) is 19.6. The van der Waals surface area contributed by atoms with Gasteiger partial charge in [-0.1, -0.05) is 19.1 Å². The molecule has 0 aliphatic heterocycles. The Kier molecular flexibility index (Phi) is 7.67. The zero-order valence-corrected chi connectivity index (χ0v) is 15.9. The van der Waals surface area contributed by atoms with Gasteiger partial charge in [0.1, 0.15) is 11.5 Å². The minimum Gasteiger partial charge on any atom is -0.492 e. The normalized spacial score (nSPS) is 11.4. The Hall–Kier alpha value is -3.02. The molecular formula is C21H25NO5. The smallest absolute Gasteiger partial charge is 0.344 e. The van der Waals surface area contributed by atoms with Crippen LogP contribution in [0.25, 0.3) is 0 Å². The van der Waals surface area contributed by atoms with E-state index in [1.807, 2.05) is 32.9 Å². The van der Waals surface area contributed by atoms with Crippen molar-refractivity contribution in [3.05, 3.63) is 54.1 Å². The first-order chi connectivity index (χ1) is 13.0. The van der Waals surface area contributed by atoms with E-state index in [1.165, 1.54) is 0 Å². The molecule has 27 heavy (non-hydrogen) atoms. The van der Waals surface area contributed by atoms with E-state index < -0.39 is 5.97 Å². The first-order valence-electron chi connectivity index (χ1n) is 8.99. The number of ether oxygens (including phenoxy) is 3. The molecule has 2 rings (SSSR count). The largest absolute Gasteiger partial charge is 0.492 e. The predicted molar refractivity (Wildman–Crippen MR) is 103 cm³/mol. The van der Waals surface area contributed by atoms with Crippen LogP contribution in [0.5, 0.6) is 11.5 Å². The van der Waals surface area contributed by atoms with Crippen LogP contribution in [0.2, 0.25) is 0 Å². The minimum atomic E-state index is -0.418. The fourth-order valence-electron chi connectivity index (χ4n) is 2.23. The number of hydrogen-bond acceptors (Lipinski definition) is 5. The van der Waals surface area contributed by atoms with Crippen LogP contribution < -0.4 is 14.8 Å². The molecular weight excluding hydrogens is 346 g/mol. The number of anilines is 1. The van der Waals surface area contributed by atoms with Crippen molar-refractivity contribution in [2.45, 2.75) is 33.3 Å². The standard InChI is InChI=1S/C21H25NO5/c1-4-15(3)27-20(23)14-26-17-12-10-16(11-13-17)21(24)22-18-8-6-7-9-19(18)25-5-2/h6-13,15H,4-5,14H2,1-3H3,(H,22,24)/t15-/m0/s1. The zero-order valence-electron chi connectivity index (χ0n) is 15.9. The van der Waals surface area contributed by atoms with Crippen LogP contribution in [0.1, 0.15) is 37.6 Å². The van der Waals surface area contributed by atoms with E-state index in [-0.39, 0.29) is 18.6 Å². The first kappa shape index (κ1) is 20.3. The summed E-state index contributed by atoms with van der Waals surface area (Å²) in [6, 6.07) is 13.8. The number of nitrogens with one attached hydrogen (secondary N) is 1. The highest BCUT2D eigenvalue weighted by Gasteiger charge is 2.11. The number of amides is 1. The van der Waals surface area contributed by atoms with Crippen LogP contribution in [0.4, 0.5) is 5.69 Å². The van der Waals surface area contributed by atoms with Gasteiger partial charge in [0.15, 0.2) is 6.61 Å². The highest BCUT2D eigenvalue weighted by Crippen LogP contribution is 2.24. The third-order valence-electron chi connectivity index (χ3n) is 3.82. The molecule has 0 aromatic heterocycles. The Morgan fingerprint density at radius 3 is 2.37 bits per heavy atom. The third-order valence-corrected chi connectivity index (χ3v) is 3.82. The fourth-order valence-corrected chi connectivity index (χ4v) is 2.23. The van der Waals surface area contributed by atoms with Gasteiger partial charge in [-0.15, -0.1) is 0 Å². The molecule has 0 aliphatic rings. The first-order valence-corrected chi connectivity index (χ1v) is 8.99. The average Bonchev–Trinajstić information content (AvgIpc) is 2.68. The molecule has 0 bridgehead atoms. The molecule has 144 valence electrons. The number of benzene rings is 2. The molecule has 1 N–H and O–H groups in total. The van der Waals surface area contributed by atoms with E-state index in [0.717, 1.165) is 6.42 Å². The number of para-hydroxylation sites is 2. The van der Waals surface area contributed by atoms with Gasteiger partial charge in [-0.2, -0.15) is 0 Å². The molecule has 0 spiro atoms. The molecule has 0 saturated heterocycles. The molecule has 0 fully saturated rings. The molecule has 0 radical (unpaired) electrons. The number of carbonyl (C=O) groups excluding carboxylic acids is 2. The van der Waals surface area contributed by atoms with Gasteiger partial charge in [0.25, 0.3) is 5.91 Å². The van der Waals surface area contributed by atoms with Gasteiger partial charge >= 0.3 is 5.97 Å². The van der Waals surface area contributed by atoms with Crippen LogP contribution in [-0.2, 0) is 9.53 Å². The van der Waals surface area contributed by atoms with Gasteiger partial charge in [-0.25, -0.2) is 4.79 Å². The average molecular weight is 371 g/mol. The van der Waals surface area contributed by atoms with E-state index in [9.17, 15) is 9.59 Å². The summed E-state index contributed by atoms with van der Waals surface area (Å²) >= 11 is 0. The van der Waals surface area contributed by atoms with Crippen molar-refractivity contribution in [2.75, 3.05) is 18.5 Å². The summed E-state index contributed by atoms with van der Waals surface area (Å²) in [7, 11) is 0. The van der Waals surface area contributed by atoms with Gasteiger partial charge < -0.3 is 19.5 Å². The van der Waals surface area contributed by atoms with E-state index in [4.69, 9.17) is 14.2 Å². The molecule has 0 unspecified atom stereocenters. The van der Waals surface area contributed by atoms with Crippen molar-refractivity contribution in [2.24, 2.45) is 0 Å². The summed E-state index contributed by atoms with van der Waals surface area (Å²) in [4.78, 5) is 24.0. The summed E-state index contributed by atoms with van der Waals surface area (Å²) in [5, 5.41) is 2.83. The van der Waals surface area contributed by atoms with Gasteiger partial charge in [-0.3, -0.25) is 4.79 Å². The lowest BCUT2D eigenvalue weighted by Crippen LogP contribution is -2.20. The molecule has 2 aromatic rings. The molecule has 0 heterocycles. The van der Waals surface area contributed by atoms with Crippen LogP contribution in [0, 0.1) is 0 Å². The second kappa shape index (κ2) is 10.2. The van der Waals surface area contributed by atoms with Crippen molar-refractivity contribution in [1.29, 1.82) is 0 Å². The number of carbonyl (C=O) groups is 2. The Balaban J connectivity index is 1.93. The van der Waals surface area contributed by atoms with Crippen LogP contribution >= 0.6 is 0 Å². The maximum Gasteiger partial charge on any atom is 0.344 e.